The molecule has 0 amide bonds. The van der Waals surface area contributed by atoms with Gasteiger partial charge in [-0.15, -0.1) is 0 Å². The van der Waals surface area contributed by atoms with Crippen molar-refractivity contribution in [3.63, 3.8) is 0 Å². The van der Waals surface area contributed by atoms with Crippen LogP contribution in [0.1, 0.15) is 33.1 Å². The molecule has 1 aliphatic rings. The van der Waals surface area contributed by atoms with E-state index >= 15 is 0 Å². The average Bonchev–Trinajstić information content (AvgIpc) is 2.68. The molecule has 2 nitrogen and oxygen atoms in total. The first kappa shape index (κ1) is 14.5. The van der Waals surface area contributed by atoms with Gasteiger partial charge < -0.3 is 5.32 Å². The Morgan fingerprint density at radius 3 is 2.12 bits per heavy atom. The first-order valence-electron chi connectivity index (χ1n) is 8.05. The monoisotopic (exact) mass is 311 g/mol. The SMILES string of the molecule is O=C(c1ccccc1)C1NC(c2ccccc2)=Cc2ccccc21. The Morgan fingerprint density at radius 1 is 0.750 bits per heavy atom. The summed E-state index contributed by atoms with van der Waals surface area (Å²) < 4.78 is 0. The number of hydrogen-bond donors (Lipinski definition) is 1. The zero-order valence-corrected chi connectivity index (χ0v) is 13.1. The molecule has 0 saturated heterocycles. The Hall–Kier alpha value is -3.13. The quantitative estimate of drug-likeness (QED) is 0.710. The zero-order valence-electron chi connectivity index (χ0n) is 13.1. The van der Waals surface area contributed by atoms with E-state index in [4.69, 9.17) is 0 Å². The van der Waals surface area contributed by atoms with Gasteiger partial charge in [-0.05, 0) is 22.8 Å². The lowest BCUT2D eigenvalue weighted by molar-refractivity contribution is 0.0950. The number of ketones is 1. The Bertz CT molecular complexity index is 898. The summed E-state index contributed by atoms with van der Waals surface area (Å²) in [5.41, 5.74) is 4.89. The third-order valence-corrected chi connectivity index (χ3v) is 4.31. The van der Waals surface area contributed by atoms with Gasteiger partial charge in [0.25, 0.3) is 0 Å². The van der Waals surface area contributed by atoms with Crippen molar-refractivity contribution in [2.75, 3.05) is 0 Å². The molecule has 1 N–H and O–H groups in total. The molecule has 1 unspecified atom stereocenters. The predicted molar refractivity (Wildman–Crippen MR) is 97.4 cm³/mol. The average molecular weight is 311 g/mol. The highest BCUT2D eigenvalue weighted by Crippen LogP contribution is 2.32. The molecule has 24 heavy (non-hydrogen) atoms. The van der Waals surface area contributed by atoms with Gasteiger partial charge in [-0.25, -0.2) is 0 Å². The van der Waals surface area contributed by atoms with Crippen molar-refractivity contribution in [2.45, 2.75) is 6.04 Å². The number of rotatable bonds is 3. The Labute approximate surface area is 141 Å². The van der Waals surface area contributed by atoms with Crippen LogP contribution in [0.5, 0.6) is 0 Å². The van der Waals surface area contributed by atoms with Crippen LogP contribution in [0.4, 0.5) is 0 Å². The highest BCUT2D eigenvalue weighted by Gasteiger charge is 2.27. The third-order valence-electron chi connectivity index (χ3n) is 4.31. The van der Waals surface area contributed by atoms with Crippen molar-refractivity contribution in [3.05, 3.63) is 107 Å². The normalized spacial score (nSPS) is 15.8. The molecular weight excluding hydrogens is 294 g/mol. The maximum atomic E-state index is 13.0. The fourth-order valence-electron chi connectivity index (χ4n) is 3.10. The third kappa shape index (κ3) is 2.63. The summed E-state index contributed by atoms with van der Waals surface area (Å²) in [6.07, 6.45) is 2.11. The van der Waals surface area contributed by atoms with Crippen molar-refractivity contribution < 1.29 is 4.79 Å². The van der Waals surface area contributed by atoms with Crippen LogP contribution in [0.2, 0.25) is 0 Å². The molecule has 1 aliphatic heterocycles. The number of benzene rings is 3. The van der Waals surface area contributed by atoms with Crippen LogP contribution < -0.4 is 5.32 Å². The van der Waals surface area contributed by atoms with Gasteiger partial charge in [-0.2, -0.15) is 0 Å². The maximum absolute atomic E-state index is 13.0. The lowest BCUT2D eigenvalue weighted by Gasteiger charge is -2.27. The lowest BCUT2D eigenvalue weighted by Crippen LogP contribution is -2.30. The van der Waals surface area contributed by atoms with Gasteiger partial charge in [0.2, 0.25) is 0 Å². The molecule has 116 valence electrons. The van der Waals surface area contributed by atoms with Gasteiger partial charge in [-0.3, -0.25) is 4.79 Å². The topological polar surface area (TPSA) is 29.1 Å². The molecule has 0 saturated carbocycles. The molecule has 2 heteroatoms. The largest absolute Gasteiger partial charge is 0.371 e. The van der Waals surface area contributed by atoms with E-state index in [1.54, 1.807) is 0 Å². The number of nitrogens with one attached hydrogen (secondary N) is 1. The minimum atomic E-state index is -0.371. The first-order valence-corrected chi connectivity index (χ1v) is 8.05. The maximum Gasteiger partial charge on any atom is 0.189 e. The predicted octanol–water partition coefficient (Wildman–Crippen LogP) is 4.71. The van der Waals surface area contributed by atoms with Crippen molar-refractivity contribution in [2.24, 2.45) is 0 Å². The highest BCUT2D eigenvalue weighted by molar-refractivity contribution is 6.03. The van der Waals surface area contributed by atoms with Crippen molar-refractivity contribution in [3.8, 4) is 0 Å². The molecule has 0 radical (unpaired) electrons. The minimum Gasteiger partial charge on any atom is -0.371 e. The molecule has 3 aromatic rings. The fraction of sp³-hybridized carbons (Fsp3) is 0.0455. The summed E-state index contributed by atoms with van der Waals surface area (Å²) in [5.74, 6) is 0.0876. The summed E-state index contributed by atoms with van der Waals surface area (Å²) in [6.45, 7) is 0. The molecule has 1 atom stereocenters. The van der Waals surface area contributed by atoms with Gasteiger partial charge in [0.05, 0.1) is 0 Å². The molecule has 0 aromatic heterocycles. The second-order valence-corrected chi connectivity index (χ2v) is 5.86. The first-order chi connectivity index (χ1) is 11.8. The minimum absolute atomic E-state index is 0.0876. The summed E-state index contributed by atoms with van der Waals surface area (Å²) in [6, 6.07) is 27.3. The van der Waals surface area contributed by atoms with E-state index in [-0.39, 0.29) is 11.8 Å². The molecule has 0 aliphatic carbocycles. The standard InChI is InChI=1S/C22H17NO/c24-22(17-11-5-2-6-12-17)21-19-14-8-7-13-18(19)15-20(23-21)16-9-3-1-4-10-16/h1-15,21,23H. The van der Waals surface area contributed by atoms with Crippen molar-refractivity contribution in [1.29, 1.82) is 0 Å². The summed E-state index contributed by atoms with van der Waals surface area (Å²) in [5, 5.41) is 3.44. The number of carbonyl (C=O) groups is 1. The number of carbonyl (C=O) groups excluding carboxylic acids is 1. The van der Waals surface area contributed by atoms with Crippen molar-refractivity contribution in [1.82, 2.24) is 5.32 Å². The van der Waals surface area contributed by atoms with E-state index in [0.717, 1.165) is 28.0 Å². The molecule has 4 rings (SSSR count). The van der Waals surface area contributed by atoms with Crippen molar-refractivity contribution >= 4 is 17.6 Å². The Kier molecular flexibility index (Phi) is 3.72. The van der Waals surface area contributed by atoms with E-state index in [1.165, 1.54) is 0 Å². The smallest absolute Gasteiger partial charge is 0.189 e. The highest BCUT2D eigenvalue weighted by atomic mass is 16.1. The van der Waals surface area contributed by atoms with E-state index in [9.17, 15) is 4.79 Å². The van der Waals surface area contributed by atoms with E-state index < -0.39 is 0 Å². The van der Waals surface area contributed by atoms with E-state index in [2.05, 4.69) is 29.6 Å². The second kappa shape index (κ2) is 6.17. The number of hydrogen-bond acceptors (Lipinski definition) is 2. The lowest BCUT2D eigenvalue weighted by atomic mass is 9.89. The van der Waals surface area contributed by atoms with Crippen LogP contribution in [0.25, 0.3) is 11.8 Å². The summed E-state index contributed by atoms with van der Waals surface area (Å²) in [4.78, 5) is 13.0. The van der Waals surface area contributed by atoms with Gasteiger partial charge >= 0.3 is 0 Å². The van der Waals surface area contributed by atoms with Gasteiger partial charge in [0, 0.05) is 11.3 Å². The number of Topliss-reactive ketones (excluding diaryl/α,β-unsaturated/α-hetero) is 1. The van der Waals surface area contributed by atoms with Gasteiger partial charge in [0.15, 0.2) is 5.78 Å². The van der Waals surface area contributed by atoms with Crippen LogP contribution >= 0.6 is 0 Å². The molecule has 0 bridgehead atoms. The Morgan fingerprint density at radius 2 is 1.38 bits per heavy atom. The van der Waals surface area contributed by atoms with E-state index in [1.807, 2.05) is 66.7 Å². The van der Waals surface area contributed by atoms with Crippen LogP contribution in [-0.4, -0.2) is 5.78 Å². The molecule has 0 spiro atoms. The van der Waals surface area contributed by atoms with Crippen LogP contribution in [0.3, 0.4) is 0 Å². The zero-order chi connectivity index (χ0) is 16.4. The molecule has 3 aromatic carbocycles. The van der Waals surface area contributed by atoms with Crippen LogP contribution in [0.15, 0.2) is 84.9 Å². The molecule has 0 fully saturated rings. The fourth-order valence-corrected chi connectivity index (χ4v) is 3.10. The number of fused-ring (bicyclic) bond motifs is 1. The summed E-state index contributed by atoms with van der Waals surface area (Å²) >= 11 is 0. The van der Waals surface area contributed by atoms with Gasteiger partial charge in [-0.1, -0.05) is 84.9 Å². The molecular formula is C22H17NO. The van der Waals surface area contributed by atoms with E-state index in [0.29, 0.717) is 0 Å². The van der Waals surface area contributed by atoms with Crippen LogP contribution in [0, 0.1) is 0 Å². The van der Waals surface area contributed by atoms with Gasteiger partial charge in [0.1, 0.15) is 6.04 Å². The molecule has 1 heterocycles. The second-order valence-electron chi connectivity index (χ2n) is 5.86. The Balaban J connectivity index is 1.78. The van der Waals surface area contributed by atoms with Crippen LogP contribution in [-0.2, 0) is 0 Å². The summed E-state index contributed by atoms with van der Waals surface area (Å²) in [7, 11) is 0.